The number of aromatic amines is 1. The lowest BCUT2D eigenvalue weighted by Gasteiger charge is -2.26. The van der Waals surface area contributed by atoms with Gasteiger partial charge in [-0.05, 0) is 43.7 Å². The third-order valence-corrected chi connectivity index (χ3v) is 5.68. The normalized spacial score (nSPS) is 20.6. The number of alkyl halides is 3. The van der Waals surface area contributed by atoms with E-state index < -0.39 is 29.2 Å². The van der Waals surface area contributed by atoms with Crippen LogP contribution in [0.25, 0.3) is 10.9 Å². The molecule has 1 aromatic carbocycles. The number of fused-ring (bicyclic) bond motifs is 1. The van der Waals surface area contributed by atoms with Gasteiger partial charge in [-0.25, -0.2) is 0 Å². The highest BCUT2D eigenvalue weighted by Gasteiger charge is 2.39. The maximum Gasteiger partial charge on any atom is 0.418 e. The molecule has 3 rings (SSSR count). The van der Waals surface area contributed by atoms with Crippen LogP contribution in [0.1, 0.15) is 41.6 Å². The monoisotopic (exact) mass is 446 g/mol. The molecule has 1 aliphatic carbocycles. The maximum absolute atomic E-state index is 13.5. The average Bonchev–Trinajstić information content (AvgIpc) is 3.05. The lowest BCUT2D eigenvalue weighted by Crippen LogP contribution is -2.33. The first-order chi connectivity index (χ1) is 12.7. The highest BCUT2D eigenvalue weighted by molar-refractivity contribution is 9.10. The zero-order chi connectivity index (χ0) is 19.8. The number of halogens is 4. The Morgan fingerprint density at radius 2 is 1.93 bits per heavy atom. The Balaban J connectivity index is 1.80. The van der Waals surface area contributed by atoms with E-state index in [-0.39, 0.29) is 28.4 Å². The van der Waals surface area contributed by atoms with Gasteiger partial charge in [0.05, 0.1) is 22.6 Å². The zero-order valence-corrected chi connectivity index (χ0v) is 15.8. The number of hydrogen-bond acceptors (Lipinski definition) is 2. The first-order valence-electron chi connectivity index (χ1n) is 8.56. The van der Waals surface area contributed by atoms with Gasteiger partial charge in [-0.15, -0.1) is 0 Å². The second kappa shape index (κ2) is 7.53. The summed E-state index contributed by atoms with van der Waals surface area (Å²) in [5, 5.41) is 12.1. The van der Waals surface area contributed by atoms with E-state index in [1.807, 2.05) is 0 Å². The number of aliphatic carboxylic acids is 1. The number of H-pyrrole nitrogens is 1. The third-order valence-electron chi connectivity index (χ3n) is 5.06. The third kappa shape index (κ3) is 4.12. The molecule has 0 radical (unpaired) electrons. The van der Waals surface area contributed by atoms with E-state index in [0.29, 0.717) is 31.1 Å². The van der Waals surface area contributed by atoms with Gasteiger partial charge in [0.1, 0.15) is 0 Å². The average molecular weight is 447 g/mol. The minimum absolute atomic E-state index is 0.0603. The highest BCUT2D eigenvalue weighted by atomic mass is 79.9. The summed E-state index contributed by atoms with van der Waals surface area (Å²) >= 11 is 2.94. The van der Waals surface area contributed by atoms with E-state index in [1.54, 1.807) is 6.07 Å². The van der Waals surface area contributed by atoms with Crippen LogP contribution in [0.3, 0.4) is 0 Å². The van der Waals surface area contributed by atoms with E-state index >= 15 is 0 Å². The molecule has 0 atom stereocenters. The number of rotatable bonds is 4. The smallest absolute Gasteiger partial charge is 0.418 e. The van der Waals surface area contributed by atoms with Crippen molar-refractivity contribution in [1.82, 2.24) is 10.3 Å². The number of hydrogen-bond donors (Lipinski definition) is 3. The summed E-state index contributed by atoms with van der Waals surface area (Å²) in [7, 11) is 0. The topological polar surface area (TPSA) is 82.2 Å². The highest BCUT2D eigenvalue weighted by Crippen LogP contribution is 2.40. The van der Waals surface area contributed by atoms with Crippen molar-refractivity contribution in [2.24, 2.45) is 11.8 Å². The molecule has 2 aromatic rings. The zero-order valence-electron chi connectivity index (χ0n) is 14.2. The number of carboxylic acids is 1. The Morgan fingerprint density at radius 3 is 2.52 bits per heavy atom. The van der Waals surface area contributed by atoms with Crippen LogP contribution in [0.5, 0.6) is 0 Å². The number of aromatic nitrogens is 1. The van der Waals surface area contributed by atoms with Crippen molar-refractivity contribution < 1.29 is 27.9 Å². The number of carbonyl (C=O) groups is 2. The molecule has 1 aliphatic rings. The molecule has 1 amide bonds. The molecular weight excluding hydrogens is 429 g/mol. The Bertz CT molecular complexity index is 871. The molecule has 5 nitrogen and oxygen atoms in total. The molecule has 0 spiro atoms. The molecule has 0 unspecified atom stereocenters. The molecule has 3 N–H and O–H groups in total. The van der Waals surface area contributed by atoms with Gasteiger partial charge >= 0.3 is 12.1 Å². The number of carbonyl (C=O) groups excluding carboxylic acids is 1. The number of amides is 1. The predicted octanol–water partition coefficient (Wildman–Crippen LogP) is 4.57. The number of nitrogens with one attached hydrogen (secondary N) is 2. The summed E-state index contributed by atoms with van der Waals surface area (Å²) in [5.74, 6) is -1.94. The van der Waals surface area contributed by atoms with Crippen LogP contribution in [0.4, 0.5) is 13.2 Å². The molecule has 146 valence electrons. The minimum Gasteiger partial charge on any atom is -0.481 e. The van der Waals surface area contributed by atoms with Gasteiger partial charge in [0.15, 0.2) is 0 Å². The van der Waals surface area contributed by atoms with Gasteiger partial charge < -0.3 is 15.4 Å². The summed E-state index contributed by atoms with van der Waals surface area (Å²) in [6.07, 6.45) is -0.923. The SMILES string of the molecule is O=C(NCC1CCC(C(=O)O)CC1)c1c(C(F)(F)F)c(Br)cc2cc[nH]c12. The summed E-state index contributed by atoms with van der Waals surface area (Å²) in [6.45, 7) is 0.219. The van der Waals surface area contributed by atoms with E-state index in [1.165, 1.54) is 12.3 Å². The molecule has 1 aromatic heterocycles. The number of carboxylic acid groups (broad SMARTS) is 1. The molecule has 1 saturated carbocycles. The van der Waals surface area contributed by atoms with Crippen molar-refractivity contribution in [3.05, 3.63) is 33.9 Å². The van der Waals surface area contributed by atoms with Crippen LogP contribution in [-0.2, 0) is 11.0 Å². The van der Waals surface area contributed by atoms with E-state index in [4.69, 9.17) is 5.11 Å². The van der Waals surface area contributed by atoms with E-state index in [0.717, 1.165) is 0 Å². The first kappa shape index (κ1) is 19.7. The Kier molecular flexibility index (Phi) is 5.50. The molecule has 0 aliphatic heterocycles. The van der Waals surface area contributed by atoms with Crippen LogP contribution < -0.4 is 5.32 Å². The van der Waals surface area contributed by atoms with Crippen LogP contribution in [0.2, 0.25) is 0 Å². The largest absolute Gasteiger partial charge is 0.481 e. The van der Waals surface area contributed by atoms with Gasteiger partial charge in [0.2, 0.25) is 0 Å². The van der Waals surface area contributed by atoms with Crippen molar-refractivity contribution in [1.29, 1.82) is 0 Å². The summed E-state index contributed by atoms with van der Waals surface area (Å²) in [5.41, 5.74) is -1.31. The van der Waals surface area contributed by atoms with Crippen LogP contribution in [-0.4, -0.2) is 28.5 Å². The molecular formula is C18H18BrF3N2O3. The number of benzene rings is 1. The lowest BCUT2D eigenvalue weighted by molar-refractivity contribution is -0.143. The van der Waals surface area contributed by atoms with Crippen molar-refractivity contribution in [3.8, 4) is 0 Å². The fourth-order valence-electron chi connectivity index (χ4n) is 3.61. The molecule has 0 bridgehead atoms. The van der Waals surface area contributed by atoms with Gasteiger partial charge in [-0.2, -0.15) is 13.2 Å². The molecule has 1 heterocycles. The molecule has 9 heteroatoms. The quantitative estimate of drug-likeness (QED) is 0.643. The second-order valence-corrected chi connectivity index (χ2v) is 7.67. The van der Waals surface area contributed by atoms with Gasteiger partial charge in [0.25, 0.3) is 5.91 Å². The minimum atomic E-state index is -4.69. The van der Waals surface area contributed by atoms with Crippen LogP contribution >= 0.6 is 15.9 Å². The first-order valence-corrected chi connectivity index (χ1v) is 9.35. The fraction of sp³-hybridized carbons (Fsp3) is 0.444. The summed E-state index contributed by atoms with van der Waals surface area (Å²) in [6, 6.07) is 2.93. The van der Waals surface area contributed by atoms with Crippen LogP contribution in [0.15, 0.2) is 22.8 Å². The van der Waals surface area contributed by atoms with Crippen molar-refractivity contribution in [2.75, 3.05) is 6.54 Å². The van der Waals surface area contributed by atoms with Crippen molar-refractivity contribution >= 4 is 38.7 Å². The second-order valence-electron chi connectivity index (χ2n) is 6.81. The van der Waals surface area contributed by atoms with Gasteiger partial charge in [-0.1, -0.05) is 15.9 Å². The van der Waals surface area contributed by atoms with Crippen LogP contribution in [0, 0.1) is 11.8 Å². The van der Waals surface area contributed by atoms with Gasteiger partial charge in [0, 0.05) is 22.6 Å². The Morgan fingerprint density at radius 1 is 1.26 bits per heavy atom. The van der Waals surface area contributed by atoms with Gasteiger partial charge in [-0.3, -0.25) is 9.59 Å². The maximum atomic E-state index is 13.5. The molecule has 27 heavy (non-hydrogen) atoms. The predicted molar refractivity (Wildman–Crippen MR) is 96.4 cm³/mol. The van der Waals surface area contributed by atoms with Crippen molar-refractivity contribution in [3.63, 3.8) is 0 Å². The fourth-order valence-corrected chi connectivity index (χ4v) is 4.28. The molecule has 0 saturated heterocycles. The summed E-state index contributed by atoms with van der Waals surface area (Å²) in [4.78, 5) is 26.4. The molecule has 1 fully saturated rings. The summed E-state index contributed by atoms with van der Waals surface area (Å²) < 4.78 is 40.4. The van der Waals surface area contributed by atoms with Crippen molar-refractivity contribution in [2.45, 2.75) is 31.9 Å². The lowest BCUT2D eigenvalue weighted by atomic mass is 9.82. The Labute approximate surface area is 161 Å². The van der Waals surface area contributed by atoms with E-state index in [9.17, 15) is 22.8 Å². The Hall–Kier alpha value is -2.03. The standard InChI is InChI=1S/C18H18BrF3N2O3/c19-12-7-11-5-6-23-15(11)13(14(12)18(20,21)22)16(25)24-8-9-1-3-10(4-2-9)17(26)27/h5-7,9-10,23H,1-4,8H2,(H,24,25)(H,26,27). The van der Waals surface area contributed by atoms with E-state index in [2.05, 4.69) is 26.2 Å².